The van der Waals surface area contributed by atoms with E-state index in [0.717, 1.165) is 0 Å². The zero-order chi connectivity index (χ0) is 9.97. The van der Waals surface area contributed by atoms with Crippen molar-refractivity contribution in [1.82, 2.24) is 9.88 Å². The van der Waals surface area contributed by atoms with Crippen molar-refractivity contribution in [2.45, 2.75) is 25.3 Å². The molecule has 1 aromatic rings. The summed E-state index contributed by atoms with van der Waals surface area (Å²) >= 11 is 0. The van der Waals surface area contributed by atoms with Crippen molar-refractivity contribution in [3.63, 3.8) is 0 Å². The lowest BCUT2D eigenvalue weighted by Gasteiger charge is -2.31. The molecule has 2 rings (SSSR count). The van der Waals surface area contributed by atoms with Gasteiger partial charge in [0, 0.05) is 31.4 Å². The van der Waals surface area contributed by atoms with Crippen LogP contribution in [0.4, 0.5) is 0 Å². The highest BCUT2D eigenvalue weighted by atomic mass is 15.1. The molecule has 0 aliphatic carbocycles. The number of aromatic nitrogens is 1. The molecule has 0 fully saturated rings. The van der Waals surface area contributed by atoms with Gasteiger partial charge in [0.1, 0.15) is 0 Å². The second-order valence-electron chi connectivity index (χ2n) is 3.98. The Balaban J connectivity index is 2.18. The Morgan fingerprint density at radius 1 is 1.36 bits per heavy atom. The van der Waals surface area contributed by atoms with Crippen LogP contribution in [0.1, 0.15) is 24.8 Å². The monoisotopic (exact) mass is 188 g/mol. The van der Waals surface area contributed by atoms with Gasteiger partial charge in [-0.2, -0.15) is 0 Å². The molecule has 1 aliphatic rings. The van der Waals surface area contributed by atoms with Gasteiger partial charge >= 0.3 is 0 Å². The van der Waals surface area contributed by atoms with Crippen molar-refractivity contribution in [1.29, 1.82) is 0 Å². The molecule has 2 unspecified atom stereocenters. The predicted octanol–water partition coefficient (Wildman–Crippen LogP) is 2.40. The standard InChI is InChI=1S/C12H16N2/c1-10-9-12(5-8-14(10)2)11-3-6-13-7-4-11/h3-8,10,12H,9H2,1-2H3. The van der Waals surface area contributed by atoms with Gasteiger partial charge in [-0.1, -0.05) is 6.08 Å². The molecule has 1 aromatic heterocycles. The molecule has 0 bridgehead atoms. The highest BCUT2D eigenvalue weighted by Crippen LogP contribution is 2.27. The summed E-state index contributed by atoms with van der Waals surface area (Å²) in [7, 11) is 2.13. The van der Waals surface area contributed by atoms with Crippen LogP contribution in [-0.2, 0) is 0 Å². The minimum Gasteiger partial charge on any atom is -0.378 e. The van der Waals surface area contributed by atoms with E-state index in [0.29, 0.717) is 12.0 Å². The molecule has 2 heteroatoms. The smallest absolute Gasteiger partial charge is 0.0270 e. The van der Waals surface area contributed by atoms with Crippen LogP contribution in [0.25, 0.3) is 0 Å². The topological polar surface area (TPSA) is 16.1 Å². The van der Waals surface area contributed by atoms with Gasteiger partial charge < -0.3 is 4.90 Å². The first-order valence-corrected chi connectivity index (χ1v) is 5.07. The van der Waals surface area contributed by atoms with E-state index in [1.807, 2.05) is 12.4 Å². The van der Waals surface area contributed by atoms with Crippen molar-refractivity contribution >= 4 is 0 Å². The van der Waals surface area contributed by atoms with Crippen LogP contribution in [0.15, 0.2) is 36.8 Å². The second-order valence-corrected chi connectivity index (χ2v) is 3.98. The first kappa shape index (κ1) is 9.25. The van der Waals surface area contributed by atoms with Gasteiger partial charge in [0.2, 0.25) is 0 Å². The number of nitrogens with zero attached hydrogens (tertiary/aromatic N) is 2. The molecular formula is C12H16N2. The molecular weight excluding hydrogens is 172 g/mol. The molecule has 0 N–H and O–H groups in total. The Morgan fingerprint density at radius 2 is 2.07 bits per heavy atom. The van der Waals surface area contributed by atoms with Gasteiger partial charge in [-0.05, 0) is 37.2 Å². The van der Waals surface area contributed by atoms with E-state index < -0.39 is 0 Å². The lowest BCUT2D eigenvalue weighted by atomic mass is 9.91. The quantitative estimate of drug-likeness (QED) is 0.672. The Kier molecular flexibility index (Phi) is 2.53. The van der Waals surface area contributed by atoms with Gasteiger partial charge in [-0.3, -0.25) is 4.98 Å². The van der Waals surface area contributed by atoms with Crippen LogP contribution < -0.4 is 0 Å². The summed E-state index contributed by atoms with van der Waals surface area (Å²) in [5, 5.41) is 0. The summed E-state index contributed by atoms with van der Waals surface area (Å²) < 4.78 is 0. The van der Waals surface area contributed by atoms with Crippen molar-refractivity contribution in [3.8, 4) is 0 Å². The molecule has 1 aliphatic heterocycles. The summed E-state index contributed by atoms with van der Waals surface area (Å²) in [6, 6.07) is 4.83. The first-order chi connectivity index (χ1) is 6.77. The van der Waals surface area contributed by atoms with Gasteiger partial charge in [-0.25, -0.2) is 0 Å². The van der Waals surface area contributed by atoms with Crippen LogP contribution in [-0.4, -0.2) is 23.0 Å². The van der Waals surface area contributed by atoms with E-state index >= 15 is 0 Å². The Bertz CT molecular complexity index is 318. The predicted molar refractivity (Wildman–Crippen MR) is 58.0 cm³/mol. The van der Waals surface area contributed by atoms with E-state index in [1.54, 1.807) is 0 Å². The summed E-state index contributed by atoms with van der Waals surface area (Å²) in [5.74, 6) is 0.559. The third kappa shape index (κ3) is 1.79. The van der Waals surface area contributed by atoms with Crippen LogP contribution in [0.2, 0.25) is 0 Å². The molecule has 0 saturated carbocycles. The summed E-state index contributed by atoms with van der Waals surface area (Å²) in [6.45, 7) is 2.26. The number of allylic oxidation sites excluding steroid dienone is 1. The van der Waals surface area contributed by atoms with Crippen molar-refractivity contribution in [3.05, 3.63) is 42.4 Å². The Labute approximate surface area is 85.3 Å². The van der Waals surface area contributed by atoms with E-state index in [9.17, 15) is 0 Å². The minimum atomic E-state index is 0.559. The molecule has 2 nitrogen and oxygen atoms in total. The average molecular weight is 188 g/mol. The highest BCUT2D eigenvalue weighted by Gasteiger charge is 2.18. The third-order valence-corrected chi connectivity index (χ3v) is 2.98. The summed E-state index contributed by atoms with van der Waals surface area (Å²) in [5.41, 5.74) is 1.37. The van der Waals surface area contributed by atoms with Gasteiger partial charge in [0.15, 0.2) is 0 Å². The minimum absolute atomic E-state index is 0.559. The Morgan fingerprint density at radius 3 is 2.71 bits per heavy atom. The lowest BCUT2D eigenvalue weighted by Crippen LogP contribution is -2.28. The van der Waals surface area contributed by atoms with Gasteiger partial charge in [0.25, 0.3) is 0 Å². The van der Waals surface area contributed by atoms with Crippen LogP contribution in [0, 0.1) is 0 Å². The SMILES string of the molecule is CC1CC(c2ccncc2)C=CN1C. The number of pyridine rings is 1. The molecule has 0 aromatic carbocycles. The molecule has 0 amide bonds. The van der Waals surface area contributed by atoms with Crippen molar-refractivity contribution < 1.29 is 0 Å². The molecule has 74 valence electrons. The fourth-order valence-corrected chi connectivity index (χ4v) is 1.86. The normalized spacial score (nSPS) is 26.6. The molecule has 2 atom stereocenters. The summed E-state index contributed by atoms with van der Waals surface area (Å²) in [4.78, 5) is 6.30. The first-order valence-electron chi connectivity index (χ1n) is 5.07. The van der Waals surface area contributed by atoms with Crippen molar-refractivity contribution in [2.24, 2.45) is 0 Å². The number of rotatable bonds is 1. The number of hydrogen-bond acceptors (Lipinski definition) is 2. The fourth-order valence-electron chi connectivity index (χ4n) is 1.86. The fraction of sp³-hybridized carbons (Fsp3) is 0.417. The number of hydrogen-bond donors (Lipinski definition) is 0. The zero-order valence-electron chi connectivity index (χ0n) is 8.72. The average Bonchev–Trinajstić information content (AvgIpc) is 2.23. The molecule has 0 radical (unpaired) electrons. The summed E-state index contributed by atoms with van der Waals surface area (Å²) in [6.07, 6.45) is 9.38. The Hall–Kier alpha value is -1.31. The van der Waals surface area contributed by atoms with Gasteiger partial charge in [0.05, 0.1) is 0 Å². The molecule has 0 spiro atoms. The maximum Gasteiger partial charge on any atom is 0.0270 e. The largest absolute Gasteiger partial charge is 0.378 e. The van der Waals surface area contributed by atoms with Gasteiger partial charge in [-0.15, -0.1) is 0 Å². The van der Waals surface area contributed by atoms with E-state index in [1.165, 1.54) is 12.0 Å². The molecule has 14 heavy (non-hydrogen) atoms. The van der Waals surface area contributed by atoms with E-state index in [2.05, 4.69) is 48.3 Å². The van der Waals surface area contributed by atoms with E-state index in [-0.39, 0.29) is 0 Å². The van der Waals surface area contributed by atoms with Crippen LogP contribution in [0.3, 0.4) is 0 Å². The second kappa shape index (κ2) is 3.82. The van der Waals surface area contributed by atoms with E-state index in [4.69, 9.17) is 0 Å². The highest BCUT2D eigenvalue weighted by molar-refractivity contribution is 5.22. The maximum absolute atomic E-state index is 4.04. The van der Waals surface area contributed by atoms with Crippen molar-refractivity contribution in [2.75, 3.05) is 7.05 Å². The third-order valence-electron chi connectivity index (χ3n) is 2.98. The molecule has 2 heterocycles. The zero-order valence-corrected chi connectivity index (χ0v) is 8.72. The molecule has 0 saturated heterocycles. The maximum atomic E-state index is 4.04. The lowest BCUT2D eigenvalue weighted by molar-refractivity contribution is 0.305. The van der Waals surface area contributed by atoms with Crippen LogP contribution in [0.5, 0.6) is 0 Å². The van der Waals surface area contributed by atoms with Crippen LogP contribution >= 0.6 is 0 Å².